The van der Waals surface area contributed by atoms with E-state index in [4.69, 9.17) is 4.74 Å². The van der Waals surface area contributed by atoms with E-state index in [0.29, 0.717) is 5.56 Å². The Hall–Kier alpha value is -2.03. The highest BCUT2D eigenvalue weighted by molar-refractivity contribution is 6.04. The van der Waals surface area contributed by atoms with Crippen LogP contribution >= 0.6 is 0 Å². The third-order valence-corrected chi connectivity index (χ3v) is 3.30. The minimum atomic E-state index is -0.290. The number of aryl methyl sites for hydroxylation is 1. The summed E-state index contributed by atoms with van der Waals surface area (Å²) < 4.78 is 6.98. The van der Waals surface area contributed by atoms with Gasteiger partial charge in [0.05, 0.1) is 12.7 Å². The van der Waals surface area contributed by atoms with E-state index in [9.17, 15) is 4.79 Å². The summed E-state index contributed by atoms with van der Waals surface area (Å²) in [6.07, 6.45) is 5.88. The highest BCUT2D eigenvalue weighted by atomic mass is 16.5. The molecule has 0 aliphatic rings. The maximum atomic E-state index is 11.9. The van der Waals surface area contributed by atoms with Crippen LogP contribution < -0.4 is 0 Å². The van der Waals surface area contributed by atoms with Gasteiger partial charge in [-0.3, -0.25) is 0 Å². The molecule has 100 valence electrons. The number of fused-ring (bicyclic) bond motifs is 1. The summed E-state index contributed by atoms with van der Waals surface area (Å²) in [4.78, 5) is 11.9. The minimum absolute atomic E-state index is 0.290. The molecule has 0 bridgehead atoms. The average Bonchev–Trinajstić information content (AvgIpc) is 2.82. The van der Waals surface area contributed by atoms with Crippen molar-refractivity contribution in [3.05, 3.63) is 42.1 Å². The normalized spacial score (nSPS) is 10.6. The van der Waals surface area contributed by atoms with E-state index < -0.39 is 0 Å². The number of esters is 1. The molecule has 0 saturated carbocycles. The number of aromatic nitrogens is 1. The van der Waals surface area contributed by atoms with Crippen LogP contribution in [0.3, 0.4) is 0 Å². The fraction of sp³-hybridized carbons (Fsp3) is 0.312. The summed E-state index contributed by atoms with van der Waals surface area (Å²) >= 11 is 0. The number of hydrogen-bond donors (Lipinski definition) is 0. The summed E-state index contributed by atoms with van der Waals surface area (Å²) in [6.45, 7) is 6.84. The van der Waals surface area contributed by atoms with Gasteiger partial charge in [0.15, 0.2) is 0 Å². The van der Waals surface area contributed by atoms with Crippen LogP contribution in [-0.4, -0.2) is 17.6 Å². The van der Waals surface area contributed by atoms with Gasteiger partial charge in [0, 0.05) is 23.6 Å². The molecule has 0 fully saturated rings. The van der Waals surface area contributed by atoms with E-state index >= 15 is 0 Å². The van der Waals surface area contributed by atoms with Crippen LogP contribution in [0, 0.1) is 0 Å². The lowest BCUT2D eigenvalue weighted by Gasteiger charge is -2.03. The monoisotopic (exact) mass is 257 g/mol. The second-order valence-electron chi connectivity index (χ2n) is 4.56. The molecule has 1 heterocycles. The molecule has 0 aliphatic carbocycles. The summed E-state index contributed by atoms with van der Waals surface area (Å²) in [7, 11) is 1.41. The van der Waals surface area contributed by atoms with Crippen molar-refractivity contribution in [2.24, 2.45) is 0 Å². The fourth-order valence-electron chi connectivity index (χ4n) is 2.23. The average molecular weight is 257 g/mol. The zero-order valence-corrected chi connectivity index (χ0v) is 11.5. The van der Waals surface area contributed by atoms with Gasteiger partial charge >= 0.3 is 5.97 Å². The van der Waals surface area contributed by atoms with Crippen molar-refractivity contribution in [1.82, 2.24) is 4.57 Å². The van der Waals surface area contributed by atoms with Crippen LogP contribution in [0.15, 0.2) is 31.0 Å². The smallest absolute Gasteiger partial charge is 0.340 e. The van der Waals surface area contributed by atoms with Crippen LogP contribution in [0.25, 0.3) is 17.0 Å². The molecule has 0 saturated heterocycles. The van der Waals surface area contributed by atoms with Gasteiger partial charge in [-0.1, -0.05) is 32.1 Å². The molecule has 2 aromatic rings. The van der Waals surface area contributed by atoms with Crippen LogP contribution in [0.2, 0.25) is 0 Å². The number of benzene rings is 1. The van der Waals surface area contributed by atoms with E-state index in [-0.39, 0.29) is 5.97 Å². The quantitative estimate of drug-likeness (QED) is 0.761. The standard InChI is InChI=1S/C16H19NO2/c1-4-6-9-17-11-14(16(18)19-3)13-10-12(5-2)7-8-15(13)17/h5,7-8,10-11H,2,4,6,9H2,1,3H3. The molecule has 0 unspecified atom stereocenters. The van der Waals surface area contributed by atoms with Crippen LogP contribution in [0.1, 0.15) is 35.7 Å². The van der Waals surface area contributed by atoms with Crippen LogP contribution in [-0.2, 0) is 11.3 Å². The zero-order valence-electron chi connectivity index (χ0n) is 11.5. The molecule has 0 amide bonds. The first-order valence-corrected chi connectivity index (χ1v) is 6.55. The maximum Gasteiger partial charge on any atom is 0.340 e. The van der Waals surface area contributed by atoms with E-state index in [1.54, 1.807) is 6.08 Å². The Morgan fingerprint density at radius 2 is 2.26 bits per heavy atom. The number of ether oxygens (including phenoxy) is 1. The van der Waals surface area contributed by atoms with E-state index in [1.807, 2.05) is 24.4 Å². The summed E-state index contributed by atoms with van der Waals surface area (Å²) in [5.74, 6) is -0.290. The van der Waals surface area contributed by atoms with Crippen LogP contribution in [0.5, 0.6) is 0 Å². The van der Waals surface area contributed by atoms with Gasteiger partial charge in [-0.05, 0) is 24.1 Å². The van der Waals surface area contributed by atoms with E-state index in [0.717, 1.165) is 35.9 Å². The number of hydrogen-bond acceptors (Lipinski definition) is 2. The Morgan fingerprint density at radius 1 is 1.47 bits per heavy atom. The number of carbonyl (C=O) groups excluding carboxylic acids is 1. The molecule has 0 spiro atoms. The number of methoxy groups -OCH3 is 1. The number of nitrogens with zero attached hydrogens (tertiary/aromatic N) is 1. The van der Waals surface area contributed by atoms with E-state index in [2.05, 4.69) is 18.1 Å². The largest absolute Gasteiger partial charge is 0.465 e. The van der Waals surface area contributed by atoms with E-state index in [1.165, 1.54) is 7.11 Å². The molecule has 1 aromatic heterocycles. The summed E-state index contributed by atoms with van der Waals surface area (Å²) in [5, 5.41) is 0.931. The topological polar surface area (TPSA) is 31.2 Å². The molecule has 0 atom stereocenters. The Kier molecular flexibility index (Phi) is 4.05. The number of unbranched alkanes of at least 4 members (excludes halogenated alkanes) is 1. The minimum Gasteiger partial charge on any atom is -0.465 e. The molecule has 1 aromatic carbocycles. The predicted octanol–water partition coefficient (Wildman–Crippen LogP) is 3.87. The van der Waals surface area contributed by atoms with Crippen molar-refractivity contribution in [1.29, 1.82) is 0 Å². The Bertz CT molecular complexity index is 610. The molecule has 3 heteroatoms. The Labute approximate surface area is 113 Å². The molecular formula is C16H19NO2. The van der Waals surface area contributed by atoms with Crippen molar-refractivity contribution in [2.75, 3.05) is 7.11 Å². The Morgan fingerprint density at radius 3 is 2.89 bits per heavy atom. The van der Waals surface area contributed by atoms with Crippen molar-refractivity contribution in [2.45, 2.75) is 26.3 Å². The lowest BCUT2D eigenvalue weighted by molar-refractivity contribution is 0.0602. The number of rotatable bonds is 5. The van der Waals surface area contributed by atoms with Gasteiger partial charge < -0.3 is 9.30 Å². The molecule has 19 heavy (non-hydrogen) atoms. The van der Waals surface area contributed by atoms with Gasteiger partial charge in [0.2, 0.25) is 0 Å². The van der Waals surface area contributed by atoms with Crippen molar-refractivity contribution in [3.63, 3.8) is 0 Å². The van der Waals surface area contributed by atoms with Crippen molar-refractivity contribution in [3.8, 4) is 0 Å². The second kappa shape index (κ2) is 5.74. The fourth-order valence-corrected chi connectivity index (χ4v) is 2.23. The summed E-state index contributed by atoms with van der Waals surface area (Å²) in [6, 6.07) is 6.03. The third-order valence-electron chi connectivity index (χ3n) is 3.30. The first-order valence-electron chi connectivity index (χ1n) is 6.55. The summed E-state index contributed by atoms with van der Waals surface area (Å²) in [5.41, 5.74) is 2.70. The predicted molar refractivity (Wildman–Crippen MR) is 78.3 cm³/mol. The zero-order chi connectivity index (χ0) is 13.8. The van der Waals surface area contributed by atoms with Gasteiger partial charge in [0.1, 0.15) is 0 Å². The van der Waals surface area contributed by atoms with Crippen molar-refractivity contribution >= 4 is 22.9 Å². The first-order chi connectivity index (χ1) is 9.21. The highest BCUT2D eigenvalue weighted by Gasteiger charge is 2.15. The van der Waals surface area contributed by atoms with Gasteiger partial charge in [0.25, 0.3) is 0 Å². The first kappa shape index (κ1) is 13.4. The maximum absolute atomic E-state index is 11.9. The van der Waals surface area contributed by atoms with Gasteiger partial charge in [-0.2, -0.15) is 0 Å². The lowest BCUT2D eigenvalue weighted by atomic mass is 10.1. The third kappa shape index (κ3) is 2.55. The van der Waals surface area contributed by atoms with Crippen LogP contribution in [0.4, 0.5) is 0 Å². The number of carbonyl (C=O) groups is 1. The van der Waals surface area contributed by atoms with Crippen molar-refractivity contribution < 1.29 is 9.53 Å². The lowest BCUT2D eigenvalue weighted by Crippen LogP contribution is -2.00. The van der Waals surface area contributed by atoms with Gasteiger partial charge in [-0.25, -0.2) is 4.79 Å². The SMILES string of the molecule is C=Cc1ccc2c(c1)c(C(=O)OC)cn2CCCC. The molecule has 0 aliphatic heterocycles. The molecule has 3 nitrogen and oxygen atoms in total. The molecule has 2 rings (SSSR count). The highest BCUT2D eigenvalue weighted by Crippen LogP contribution is 2.24. The molecular weight excluding hydrogens is 238 g/mol. The van der Waals surface area contributed by atoms with Gasteiger partial charge in [-0.15, -0.1) is 0 Å². The second-order valence-corrected chi connectivity index (χ2v) is 4.56. The molecule has 0 radical (unpaired) electrons. The Balaban J connectivity index is 2.58. The molecule has 0 N–H and O–H groups in total.